The second-order valence-electron chi connectivity index (χ2n) is 6.05. The number of benzene rings is 1. The number of piperidine rings is 1. The average molecular weight is 348 g/mol. The van der Waals surface area contributed by atoms with Crippen molar-refractivity contribution in [3.8, 4) is 0 Å². The van der Waals surface area contributed by atoms with Crippen molar-refractivity contribution in [1.82, 2.24) is 20.4 Å². The number of nitrogens with one attached hydrogen (secondary N) is 1. The van der Waals surface area contributed by atoms with E-state index in [4.69, 9.17) is 9.26 Å². The zero-order chi connectivity index (χ0) is 17.6. The summed E-state index contributed by atoms with van der Waals surface area (Å²) in [6.45, 7) is 3.46. The third-order valence-corrected chi connectivity index (χ3v) is 4.01. The Hall–Kier alpha value is -2.48. The van der Waals surface area contributed by atoms with Crippen LogP contribution in [0.3, 0.4) is 0 Å². The van der Waals surface area contributed by atoms with Crippen LogP contribution in [0.25, 0.3) is 0 Å². The fraction of sp³-hybridized carbons (Fsp3) is 0.471. The van der Waals surface area contributed by atoms with E-state index in [1.54, 1.807) is 24.0 Å². The number of amides is 2. The standard InChI is InChI=1S/C17H21FN4O3/c1-12-20-16(25-21-12)11-24-15-6-3-7-22(10-15)17(23)19-9-13-4-2-5-14(18)8-13/h2,4-5,8,15H,3,6-7,9-11H2,1H3,(H,19,23)/t15-/m1/s1. The molecule has 0 bridgehead atoms. The highest BCUT2D eigenvalue weighted by molar-refractivity contribution is 5.74. The Bertz CT molecular complexity index is 721. The van der Waals surface area contributed by atoms with Crippen LogP contribution in [0.15, 0.2) is 28.8 Å². The summed E-state index contributed by atoms with van der Waals surface area (Å²) in [5, 5.41) is 6.53. The van der Waals surface area contributed by atoms with E-state index in [2.05, 4.69) is 15.5 Å². The summed E-state index contributed by atoms with van der Waals surface area (Å²) in [6, 6.07) is 6.02. The van der Waals surface area contributed by atoms with Gasteiger partial charge < -0.3 is 19.5 Å². The Morgan fingerprint density at radius 2 is 2.40 bits per heavy atom. The van der Waals surface area contributed by atoms with E-state index in [0.29, 0.717) is 31.3 Å². The highest BCUT2D eigenvalue weighted by atomic mass is 19.1. The highest BCUT2D eigenvalue weighted by Crippen LogP contribution is 2.15. The number of ether oxygens (including phenoxy) is 1. The lowest BCUT2D eigenvalue weighted by Crippen LogP contribution is -2.47. The minimum atomic E-state index is -0.311. The van der Waals surface area contributed by atoms with Gasteiger partial charge in [0.15, 0.2) is 5.82 Å². The summed E-state index contributed by atoms with van der Waals surface area (Å²) in [5.41, 5.74) is 0.727. The molecule has 0 radical (unpaired) electrons. The van der Waals surface area contributed by atoms with E-state index < -0.39 is 0 Å². The molecular weight excluding hydrogens is 327 g/mol. The number of aromatic nitrogens is 2. The van der Waals surface area contributed by atoms with Crippen molar-refractivity contribution < 1.29 is 18.4 Å². The van der Waals surface area contributed by atoms with Crippen molar-refractivity contribution in [3.63, 3.8) is 0 Å². The Kier molecular flexibility index (Phi) is 5.60. The lowest BCUT2D eigenvalue weighted by molar-refractivity contribution is -0.0103. The summed E-state index contributed by atoms with van der Waals surface area (Å²) in [4.78, 5) is 18.1. The maximum Gasteiger partial charge on any atom is 0.317 e. The number of aryl methyl sites for hydroxylation is 1. The van der Waals surface area contributed by atoms with Crippen LogP contribution in [0, 0.1) is 12.7 Å². The maximum absolute atomic E-state index is 13.2. The van der Waals surface area contributed by atoms with Gasteiger partial charge in [-0.3, -0.25) is 0 Å². The van der Waals surface area contributed by atoms with Gasteiger partial charge in [0.2, 0.25) is 0 Å². The third-order valence-electron chi connectivity index (χ3n) is 4.01. The molecule has 2 heterocycles. The molecule has 0 spiro atoms. The lowest BCUT2D eigenvalue weighted by atomic mass is 10.1. The minimum Gasteiger partial charge on any atom is -0.367 e. The number of hydrogen-bond acceptors (Lipinski definition) is 5. The molecule has 1 aliphatic heterocycles. The van der Waals surface area contributed by atoms with Gasteiger partial charge in [0.05, 0.1) is 6.10 Å². The molecule has 2 aromatic rings. The number of hydrogen-bond donors (Lipinski definition) is 1. The number of urea groups is 1. The molecule has 1 atom stereocenters. The molecule has 0 unspecified atom stereocenters. The first-order chi connectivity index (χ1) is 12.1. The van der Waals surface area contributed by atoms with Crippen molar-refractivity contribution >= 4 is 6.03 Å². The Balaban J connectivity index is 1.46. The second-order valence-corrected chi connectivity index (χ2v) is 6.05. The molecule has 1 fully saturated rings. The van der Waals surface area contributed by atoms with Crippen LogP contribution in [0.2, 0.25) is 0 Å². The Morgan fingerprint density at radius 3 is 3.16 bits per heavy atom. The summed E-state index contributed by atoms with van der Waals surface area (Å²) in [6.07, 6.45) is 1.67. The molecule has 134 valence electrons. The molecule has 8 heteroatoms. The van der Waals surface area contributed by atoms with Crippen molar-refractivity contribution in [2.24, 2.45) is 0 Å². The zero-order valence-corrected chi connectivity index (χ0v) is 14.1. The monoisotopic (exact) mass is 348 g/mol. The highest BCUT2D eigenvalue weighted by Gasteiger charge is 2.24. The summed E-state index contributed by atoms with van der Waals surface area (Å²) < 4.78 is 24.0. The van der Waals surface area contributed by atoms with Crippen LogP contribution in [-0.2, 0) is 17.9 Å². The lowest BCUT2D eigenvalue weighted by Gasteiger charge is -2.32. The van der Waals surface area contributed by atoms with Crippen LogP contribution < -0.4 is 5.32 Å². The van der Waals surface area contributed by atoms with E-state index >= 15 is 0 Å². The Morgan fingerprint density at radius 1 is 1.52 bits per heavy atom. The number of halogens is 1. The molecule has 1 saturated heterocycles. The van der Waals surface area contributed by atoms with Crippen LogP contribution in [-0.4, -0.2) is 40.3 Å². The van der Waals surface area contributed by atoms with Crippen molar-refractivity contribution in [3.05, 3.63) is 47.4 Å². The molecular formula is C17H21FN4O3. The van der Waals surface area contributed by atoms with Gasteiger partial charge in [-0.1, -0.05) is 17.3 Å². The molecule has 25 heavy (non-hydrogen) atoms. The van der Waals surface area contributed by atoms with E-state index in [1.807, 2.05) is 0 Å². The molecule has 0 saturated carbocycles. The fourth-order valence-electron chi connectivity index (χ4n) is 2.78. The van der Waals surface area contributed by atoms with Crippen LogP contribution in [0.4, 0.5) is 9.18 Å². The van der Waals surface area contributed by atoms with E-state index in [0.717, 1.165) is 18.4 Å². The minimum absolute atomic E-state index is 0.0686. The van der Waals surface area contributed by atoms with Crippen LogP contribution in [0.5, 0.6) is 0 Å². The number of carbonyl (C=O) groups excluding carboxylic acids is 1. The summed E-state index contributed by atoms with van der Waals surface area (Å²) in [5.74, 6) is 0.695. The number of carbonyl (C=O) groups is 1. The van der Waals surface area contributed by atoms with Gasteiger partial charge in [-0.05, 0) is 37.5 Å². The topological polar surface area (TPSA) is 80.5 Å². The van der Waals surface area contributed by atoms with Crippen molar-refractivity contribution in [2.75, 3.05) is 13.1 Å². The molecule has 7 nitrogen and oxygen atoms in total. The van der Waals surface area contributed by atoms with E-state index in [1.165, 1.54) is 12.1 Å². The molecule has 3 rings (SSSR count). The largest absolute Gasteiger partial charge is 0.367 e. The third kappa shape index (κ3) is 4.99. The van der Waals surface area contributed by atoms with Gasteiger partial charge >= 0.3 is 6.03 Å². The number of likely N-dealkylation sites (tertiary alicyclic amines) is 1. The van der Waals surface area contributed by atoms with Gasteiger partial charge in [-0.15, -0.1) is 0 Å². The Labute approximate surface area is 145 Å². The van der Waals surface area contributed by atoms with Crippen molar-refractivity contribution in [1.29, 1.82) is 0 Å². The molecule has 1 aliphatic rings. The molecule has 1 aromatic carbocycles. The molecule has 2 amide bonds. The van der Waals surface area contributed by atoms with E-state index in [9.17, 15) is 9.18 Å². The summed E-state index contributed by atoms with van der Waals surface area (Å²) >= 11 is 0. The zero-order valence-electron chi connectivity index (χ0n) is 14.1. The molecule has 1 N–H and O–H groups in total. The number of nitrogens with zero attached hydrogens (tertiary/aromatic N) is 3. The van der Waals surface area contributed by atoms with Gasteiger partial charge in [0.25, 0.3) is 5.89 Å². The predicted molar refractivity (Wildman–Crippen MR) is 87.1 cm³/mol. The van der Waals surface area contributed by atoms with Crippen LogP contribution >= 0.6 is 0 Å². The first-order valence-electron chi connectivity index (χ1n) is 8.28. The van der Waals surface area contributed by atoms with Gasteiger partial charge in [0.1, 0.15) is 12.4 Å². The van der Waals surface area contributed by atoms with Crippen LogP contribution in [0.1, 0.15) is 30.1 Å². The first kappa shape index (κ1) is 17.3. The molecule has 0 aliphatic carbocycles. The fourth-order valence-corrected chi connectivity index (χ4v) is 2.78. The van der Waals surface area contributed by atoms with Gasteiger partial charge in [0, 0.05) is 19.6 Å². The maximum atomic E-state index is 13.2. The first-order valence-corrected chi connectivity index (χ1v) is 8.28. The quantitative estimate of drug-likeness (QED) is 0.897. The van der Waals surface area contributed by atoms with Crippen molar-refractivity contribution in [2.45, 2.75) is 39.0 Å². The predicted octanol–water partition coefficient (Wildman–Crippen LogP) is 2.41. The second kappa shape index (κ2) is 8.06. The van der Waals surface area contributed by atoms with E-state index in [-0.39, 0.29) is 24.6 Å². The summed E-state index contributed by atoms with van der Waals surface area (Å²) in [7, 11) is 0. The molecule has 1 aromatic heterocycles. The average Bonchev–Trinajstić information content (AvgIpc) is 3.03. The van der Waals surface area contributed by atoms with Gasteiger partial charge in [-0.2, -0.15) is 4.98 Å². The van der Waals surface area contributed by atoms with Gasteiger partial charge in [-0.25, -0.2) is 9.18 Å². The number of rotatable bonds is 5. The smallest absolute Gasteiger partial charge is 0.317 e. The normalized spacial score (nSPS) is 17.5. The SMILES string of the molecule is Cc1noc(CO[C@@H]2CCCN(C(=O)NCc3cccc(F)c3)C2)n1.